The third kappa shape index (κ3) is 5.44. The van der Waals surface area contributed by atoms with Crippen LogP contribution in [0.5, 0.6) is 0 Å². The van der Waals surface area contributed by atoms with Crippen molar-refractivity contribution < 1.29 is 4.74 Å². The topological polar surface area (TPSA) is 24.5 Å². The van der Waals surface area contributed by atoms with Gasteiger partial charge in [-0.1, -0.05) is 41.5 Å². The zero-order chi connectivity index (χ0) is 22.0. The molecule has 1 atom stereocenters. The van der Waals surface area contributed by atoms with Gasteiger partial charge in [0.2, 0.25) is 0 Å². The van der Waals surface area contributed by atoms with Gasteiger partial charge in [-0.25, -0.2) is 0 Å². The molecule has 3 aliphatic rings. The fourth-order valence-electron chi connectivity index (χ4n) is 6.35. The van der Waals surface area contributed by atoms with Gasteiger partial charge in [-0.15, -0.1) is 0 Å². The Morgan fingerprint density at radius 1 is 0.833 bits per heavy atom. The highest BCUT2D eigenvalue weighted by Crippen LogP contribution is 2.53. The maximum absolute atomic E-state index is 5.63. The molecule has 0 aromatic heterocycles. The van der Waals surface area contributed by atoms with E-state index in [9.17, 15) is 0 Å². The lowest BCUT2D eigenvalue weighted by Gasteiger charge is -2.52. The van der Waals surface area contributed by atoms with Gasteiger partial charge in [-0.2, -0.15) is 0 Å². The molecule has 0 radical (unpaired) electrons. The van der Waals surface area contributed by atoms with Crippen LogP contribution in [0.2, 0.25) is 0 Å². The Kier molecular flexibility index (Phi) is 7.68. The highest BCUT2D eigenvalue weighted by atomic mass is 16.5. The molecule has 3 rings (SSSR count). The lowest BCUT2D eigenvalue weighted by atomic mass is 9.58. The number of hydrogen-bond donors (Lipinski definition) is 1. The first-order valence-electron chi connectivity index (χ1n) is 12.9. The van der Waals surface area contributed by atoms with Gasteiger partial charge in [0.25, 0.3) is 0 Å². The van der Waals surface area contributed by atoms with Crippen LogP contribution < -0.4 is 5.32 Å². The van der Waals surface area contributed by atoms with Crippen molar-refractivity contribution in [1.29, 1.82) is 0 Å². The first-order valence-corrected chi connectivity index (χ1v) is 12.9. The molecule has 3 nitrogen and oxygen atoms in total. The molecule has 0 bridgehead atoms. The van der Waals surface area contributed by atoms with Crippen molar-refractivity contribution in [1.82, 2.24) is 10.2 Å². The quantitative estimate of drug-likeness (QED) is 0.496. The van der Waals surface area contributed by atoms with Crippen LogP contribution in [0.1, 0.15) is 92.9 Å². The second-order valence-corrected chi connectivity index (χ2v) is 13.2. The van der Waals surface area contributed by atoms with E-state index in [1.54, 1.807) is 0 Å². The van der Waals surface area contributed by atoms with Gasteiger partial charge in [0.1, 0.15) is 0 Å². The van der Waals surface area contributed by atoms with E-state index >= 15 is 0 Å². The smallest absolute Gasteiger partial charge is 0.0547 e. The molecule has 0 saturated carbocycles. The summed E-state index contributed by atoms with van der Waals surface area (Å²) in [7, 11) is 2.30. The Balaban J connectivity index is 1.67. The SMILES string of the molecule is CN1CCC(C(C)(CCC(C)(C)C2CCNCC2)CCC(C)(C)C2(C)COC2)CC1. The van der Waals surface area contributed by atoms with E-state index in [-0.39, 0.29) is 0 Å². The second-order valence-electron chi connectivity index (χ2n) is 13.2. The van der Waals surface area contributed by atoms with Crippen LogP contribution in [0.25, 0.3) is 0 Å². The number of piperidine rings is 2. The number of rotatable bonds is 9. The molecule has 176 valence electrons. The number of nitrogens with one attached hydrogen (secondary N) is 1. The van der Waals surface area contributed by atoms with Gasteiger partial charge in [0.15, 0.2) is 0 Å². The lowest BCUT2D eigenvalue weighted by Crippen LogP contribution is -2.51. The molecule has 1 N–H and O–H groups in total. The van der Waals surface area contributed by atoms with Crippen molar-refractivity contribution in [2.45, 2.75) is 92.9 Å². The highest BCUT2D eigenvalue weighted by Gasteiger charge is 2.48. The van der Waals surface area contributed by atoms with Crippen molar-refractivity contribution in [2.24, 2.45) is 33.5 Å². The summed E-state index contributed by atoms with van der Waals surface area (Å²) in [6, 6.07) is 0. The zero-order valence-corrected chi connectivity index (χ0v) is 21.4. The third-order valence-corrected chi connectivity index (χ3v) is 10.3. The van der Waals surface area contributed by atoms with E-state index in [1.807, 2.05) is 0 Å². The normalized spacial score (nSPS) is 26.9. The fourth-order valence-corrected chi connectivity index (χ4v) is 6.35. The predicted octanol–water partition coefficient (Wildman–Crippen LogP) is 5.98. The van der Waals surface area contributed by atoms with Crippen molar-refractivity contribution in [3.8, 4) is 0 Å². The van der Waals surface area contributed by atoms with Crippen molar-refractivity contribution in [3.63, 3.8) is 0 Å². The van der Waals surface area contributed by atoms with Crippen LogP contribution >= 0.6 is 0 Å². The fraction of sp³-hybridized carbons (Fsp3) is 1.00. The molecule has 3 saturated heterocycles. The van der Waals surface area contributed by atoms with Gasteiger partial charge >= 0.3 is 0 Å². The van der Waals surface area contributed by atoms with Crippen LogP contribution in [0.15, 0.2) is 0 Å². The minimum Gasteiger partial charge on any atom is -0.380 e. The number of likely N-dealkylation sites (tertiary alicyclic amines) is 1. The number of hydrogen-bond acceptors (Lipinski definition) is 3. The lowest BCUT2D eigenvalue weighted by molar-refractivity contribution is -0.168. The summed E-state index contributed by atoms with van der Waals surface area (Å²) in [6.07, 6.45) is 11.0. The second kappa shape index (κ2) is 9.40. The minimum atomic E-state index is 0.364. The van der Waals surface area contributed by atoms with Gasteiger partial charge in [-0.3, -0.25) is 0 Å². The summed E-state index contributed by atoms with van der Waals surface area (Å²) in [6.45, 7) is 22.2. The van der Waals surface area contributed by atoms with E-state index in [0.717, 1.165) is 25.0 Å². The summed E-state index contributed by atoms with van der Waals surface area (Å²) in [5, 5.41) is 3.56. The molecule has 3 heterocycles. The monoisotopic (exact) mass is 420 g/mol. The molecular formula is C27H52N2O. The Morgan fingerprint density at radius 3 is 1.93 bits per heavy atom. The van der Waals surface area contributed by atoms with E-state index in [2.05, 4.69) is 58.8 Å². The van der Waals surface area contributed by atoms with Crippen molar-refractivity contribution in [2.75, 3.05) is 46.4 Å². The van der Waals surface area contributed by atoms with Gasteiger partial charge in [0.05, 0.1) is 13.2 Å². The van der Waals surface area contributed by atoms with E-state index in [1.165, 1.54) is 77.5 Å². The first kappa shape index (κ1) is 24.5. The van der Waals surface area contributed by atoms with Crippen LogP contribution in [-0.2, 0) is 4.74 Å². The molecule has 3 aliphatic heterocycles. The van der Waals surface area contributed by atoms with Crippen LogP contribution in [0, 0.1) is 33.5 Å². The highest BCUT2D eigenvalue weighted by molar-refractivity contribution is 4.97. The average molecular weight is 421 g/mol. The molecule has 3 fully saturated rings. The van der Waals surface area contributed by atoms with Gasteiger partial charge < -0.3 is 15.0 Å². The Labute approximate surface area is 188 Å². The number of ether oxygens (including phenoxy) is 1. The summed E-state index contributed by atoms with van der Waals surface area (Å²) in [5.74, 6) is 1.78. The van der Waals surface area contributed by atoms with Crippen molar-refractivity contribution in [3.05, 3.63) is 0 Å². The summed E-state index contributed by atoms with van der Waals surface area (Å²) in [5.41, 5.74) is 1.68. The van der Waals surface area contributed by atoms with E-state index < -0.39 is 0 Å². The molecule has 0 spiro atoms. The molecule has 0 aromatic rings. The molecule has 30 heavy (non-hydrogen) atoms. The van der Waals surface area contributed by atoms with Crippen LogP contribution in [-0.4, -0.2) is 51.3 Å². The standard InChI is InChI=1S/C27H52N2O/c1-24(2,22-8-16-28-17-9-22)12-14-26(5,23-10-18-29(7)19-11-23)15-13-25(3,4)27(6)20-30-21-27/h22-23,28H,8-21H2,1-7H3. The van der Waals surface area contributed by atoms with Crippen molar-refractivity contribution >= 4 is 0 Å². The number of nitrogens with zero attached hydrogens (tertiary/aromatic N) is 1. The first-order chi connectivity index (χ1) is 14.0. The molecule has 0 aromatic carbocycles. The molecule has 0 amide bonds. The van der Waals surface area contributed by atoms with Crippen LogP contribution in [0.4, 0.5) is 0 Å². The Morgan fingerprint density at radius 2 is 1.40 bits per heavy atom. The Hall–Kier alpha value is -0.120. The molecule has 1 unspecified atom stereocenters. The summed E-state index contributed by atoms with van der Waals surface area (Å²) >= 11 is 0. The Bertz CT molecular complexity index is 539. The van der Waals surface area contributed by atoms with Gasteiger partial charge in [-0.05, 0) is 113 Å². The van der Waals surface area contributed by atoms with Crippen LogP contribution in [0.3, 0.4) is 0 Å². The molecule has 0 aliphatic carbocycles. The van der Waals surface area contributed by atoms with E-state index in [4.69, 9.17) is 4.74 Å². The third-order valence-electron chi connectivity index (χ3n) is 10.3. The summed E-state index contributed by atoms with van der Waals surface area (Å²) < 4.78 is 5.63. The van der Waals surface area contributed by atoms with E-state index in [0.29, 0.717) is 21.7 Å². The maximum atomic E-state index is 5.63. The summed E-state index contributed by atoms with van der Waals surface area (Å²) in [4.78, 5) is 2.53. The molecule has 3 heteroatoms. The zero-order valence-electron chi connectivity index (χ0n) is 21.4. The van der Waals surface area contributed by atoms with Gasteiger partial charge in [0, 0.05) is 5.41 Å². The predicted molar refractivity (Wildman–Crippen MR) is 129 cm³/mol. The maximum Gasteiger partial charge on any atom is 0.0547 e. The minimum absolute atomic E-state index is 0.364. The molecular weight excluding hydrogens is 368 g/mol. The average Bonchev–Trinajstić information content (AvgIpc) is 2.70. The largest absolute Gasteiger partial charge is 0.380 e.